The topological polar surface area (TPSA) is 120 Å². The maximum absolute atomic E-state index is 11.3. The number of nitrogens with zero attached hydrogens (tertiary/aromatic N) is 3. The Morgan fingerprint density at radius 1 is 1.10 bits per heavy atom. The van der Waals surface area contributed by atoms with E-state index in [2.05, 4.69) is 0 Å². The van der Waals surface area contributed by atoms with Crippen LogP contribution >= 0.6 is 12.4 Å². The van der Waals surface area contributed by atoms with Crippen molar-refractivity contribution in [3.63, 3.8) is 0 Å². The molecule has 1 fully saturated rings. The zero-order valence-corrected chi connectivity index (χ0v) is 16.6. The molecule has 4 rings (SSSR count). The lowest BCUT2D eigenvalue weighted by atomic mass is 10.1. The lowest BCUT2D eigenvalue weighted by molar-refractivity contribution is 0.100. The maximum atomic E-state index is 11.3. The van der Waals surface area contributed by atoms with E-state index in [1.54, 1.807) is 24.3 Å². The van der Waals surface area contributed by atoms with Gasteiger partial charge in [-0.3, -0.25) is 4.79 Å². The van der Waals surface area contributed by atoms with Crippen LogP contribution in [0, 0.1) is 0 Å². The van der Waals surface area contributed by atoms with E-state index in [9.17, 15) is 9.90 Å². The fourth-order valence-corrected chi connectivity index (χ4v) is 3.69. The fourth-order valence-electron chi connectivity index (χ4n) is 3.69. The third kappa shape index (κ3) is 4.48. The van der Waals surface area contributed by atoms with Crippen molar-refractivity contribution in [2.75, 3.05) is 0 Å². The first-order valence-electron chi connectivity index (χ1n) is 9.34. The van der Waals surface area contributed by atoms with Gasteiger partial charge in [0.1, 0.15) is 5.82 Å². The molecule has 0 saturated heterocycles. The molecule has 7 nitrogen and oxygen atoms in total. The molecule has 3 aromatic rings. The summed E-state index contributed by atoms with van der Waals surface area (Å²) in [6.07, 6.45) is 0.730. The average Bonchev–Trinajstić information content (AvgIpc) is 3.26. The lowest BCUT2D eigenvalue weighted by Crippen LogP contribution is -2.28. The van der Waals surface area contributed by atoms with E-state index in [4.69, 9.17) is 21.5 Å². The number of aliphatic hydroxyl groups excluding tert-OH is 1. The minimum atomic E-state index is -0.523. The Hall–Kier alpha value is -2.74. The van der Waals surface area contributed by atoms with Gasteiger partial charge in [-0.15, -0.1) is 12.4 Å². The standard InChI is InChI=1S/C21H23N5O2.ClH/c22-17-10-16(11-18(17)27)21-24-20(15-8-6-14(7-9-15)19(23)28)25-26(21)12-13-4-2-1-3-5-13;/h1-9,16-18,27H,10-12,22H2,(H2,23,28);1H/t16-,17+,18+;/m0./s1. The molecular weight excluding hydrogens is 390 g/mol. The molecule has 0 radical (unpaired) electrons. The summed E-state index contributed by atoms with van der Waals surface area (Å²) < 4.78 is 1.89. The number of halogens is 1. The molecule has 152 valence electrons. The van der Waals surface area contributed by atoms with Crippen LogP contribution in [0.1, 0.15) is 40.5 Å². The molecule has 3 atom stereocenters. The van der Waals surface area contributed by atoms with Crippen molar-refractivity contribution in [2.45, 2.75) is 37.5 Å². The Morgan fingerprint density at radius 2 is 1.79 bits per heavy atom. The molecule has 2 aromatic carbocycles. The minimum absolute atomic E-state index is 0. The van der Waals surface area contributed by atoms with Crippen LogP contribution in [-0.2, 0) is 6.54 Å². The van der Waals surface area contributed by atoms with Crippen LogP contribution < -0.4 is 11.5 Å². The number of aromatic nitrogens is 3. The van der Waals surface area contributed by atoms with Gasteiger partial charge in [0.25, 0.3) is 0 Å². The molecule has 1 aromatic heterocycles. The highest BCUT2D eigenvalue weighted by Gasteiger charge is 2.34. The van der Waals surface area contributed by atoms with Gasteiger partial charge in [0, 0.05) is 23.1 Å². The lowest BCUT2D eigenvalue weighted by Gasteiger charge is -2.11. The monoisotopic (exact) mass is 413 g/mol. The van der Waals surface area contributed by atoms with Crippen LogP contribution in [0.5, 0.6) is 0 Å². The van der Waals surface area contributed by atoms with E-state index in [0.717, 1.165) is 17.0 Å². The van der Waals surface area contributed by atoms with Gasteiger partial charge in [-0.1, -0.05) is 42.5 Å². The van der Waals surface area contributed by atoms with E-state index >= 15 is 0 Å². The van der Waals surface area contributed by atoms with Gasteiger partial charge in [-0.05, 0) is 30.5 Å². The highest BCUT2D eigenvalue weighted by atomic mass is 35.5. The van der Waals surface area contributed by atoms with Gasteiger partial charge in [-0.2, -0.15) is 5.10 Å². The number of nitrogens with two attached hydrogens (primary N) is 2. The highest BCUT2D eigenvalue weighted by molar-refractivity contribution is 5.93. The second-order valence-corrected chi connectivity index (χ2v) is 7.28. The molecule has 1 amide bonds. The Balaban J connectivity index is 0.00000240. The van der Waals surface area contributed by atoms with E-state index in [0.29, 0.717) is 30.8 Å². The summed E-state index contributed by atoms with van der Waals surface area (Å²) in [6, 6.07) is 16.7. The van der Waals surface area contributed by atoms with Crippen molar-refractivity contribution in [2.24, 2.45) is 11.5 Å². The first-order chi connectivity index (χ1) is 13.5. The third-order valence-corrected chi connectivity index (χ3v) is 5.25. The predicted molar refractivity (Wildman–Crippen MR) is 113 cm³/mol. The normalized spacial score (nSPS) is 21.0. The summed E-state index contributed by atoms with van der Waals surface area (Å²) in [5.41, 5.74) is 13.7. The number of primary amides is 1. The third-order valence-electron chi connectivity index (χ3n) is 5.25. The van der Waals surface area contributed by atoms with Crippen molar-refractivity contribution < 1.29 is 9.90 Å². The van der Waals surface area contributed by atoms with Gasteiger partial charge in [0.2, 0.25) is 5.91 Å². The predicted octanol–water partition coefficient (Wildman–Crippen LogP) is 2.08. The Bertz CT molecular complexity index is 964. The number of carbonyl (C=O) groups is 1. The molecule has 0 aliphatic heterocycles. The molecule has 5 N–H and O–H groups in total. The van der Waals surface area contributed by atoms with Gasteiger partial charge in [0.15, 0.2) is 5.82 Å². The molecule has 8 heteroatoms. The molecule has 1 aliphatic rings. The zero-order chi connectivity index (χ0) is 19.7. The molecule has 1 saturated carbocycles. The second kappa shape index (κ2) is 8.73. The smallest absolute Gasteiger partial charge is 0.248 e. The summed E-state index contributed by atoms with van der Waals surface area (Å²) in [5, 5.41) is 14.8. The fraction of sp³-hybridized carbons (Fsp3) is 0.286. The zero-order valence-electron chi connectivity index (χ0n) is 15.8. The quantitative estimate of drug-likeness (QED) is 0.591. The molecule has 0 spiro atoms. The number of rotatable bonds is 5. The summed E-state index contributed by atoms with van der Waals surface area (Å²) in [4.78, 5) is 16.1. The molecule has 1 heterocycles. The van der Waals surface area contributed by atoms with Gasteiger partial charge in [0.05, 0.1) is 12.6 Å². The van der Waals surface area contributed by atoms with Crippen molar-refractivity contribution in [3.05, 3.63) is 71.5 Å². The van der Waals surface area contributed by atoms with E-state index in [-0.39, 0.29) is 24.4 Å². The Kier molecular flexibility index (Phi) is 6.32. The second-order valence-electron chi connectivity index (χ2n) is 7.28. The first-order valence-corrected chi connectivity index (χ1v) is 9.34. The number of hydrogen-bond acceptors (Lipinski definition) is 5. The van der Waals surface area contributed by atoms with E-state index in [1.807, 2.05) is 35.0 Å². The first kappa shape index (κ1) is 21.0. The van der Waals surface area contributed by atoms with Crippen LogP contribution in [-0.4, -0.2) is 37.9 Å². The number of aliphatic hydroxyl groups is 1. The molecule has 0 bridgehead atoms. The van der Waals surface area contributed by atoms with Crippen LogP contribution in [0.2, 0.25) is 0 Å². The van der Waals surface area contributed by atoms with Crippen molar-refractivity contribution in [3.8, 4) is 11.4 Å². The number of hydrogen-bond donors (Lipinski definition) is 3. The molecular formula is C21H24ClN5O2. The molecule has 29 heavy (non-hydrogen) atoms. The van der Waals surface area contributed by atoms with E-state index in [1.165, 1.54) is 0 Å². The van der Waals surface area contributed by atoms with Crippen LogP contribution in [0.25, 0.3) is 11.4 Å². The number of amides is 1. The Labute approximate surface area is 175 Å². The minimum Gasteiger partial charge on any atom is -0.391 e. The Morgan fingerprint density at radius 3 is 2.38 bits per heavy atom. The largest absolute Gasteiger partial charge is 0.391 e. The van der Waals surface area contributed by atoms with Gasteiger partial charge >= 0.3 is 0 Å². The molecule has 1 aliphatic carbocycles. The number of benzene rings is 2. The number of carbonyl (C=O) groups excluding carboxylic acids is 1. The van der Waals surface area contributed by atoms with Crippen LogP contribution in [0.4, 0.5) is 0 Å². The summed E-state index contributed by atoms with van der Waals surface area (Å²) >= 11 is 0. The van der Waals surface area contributed by atoms with E-state index < -0.39 is 12.0 Å². The van der Waals surface area contributed by atoms with Crippen molar-refractivity contribution in [1.29, 1.82) is 0 Å². The van der Waals surface area contributed by atoms with Crippen molar-refractivity contribution >= 4 is 18.3 Å². The van der Waals surface area contributed by atoms with Crippen LogP contribution in [0.3, 0.4) is 0 Å². The SMILES string of the molecule is Cl.NC(=O)c1ccc(-c2nc([C@H]3C[C@@H](N)[C@H](O)C3)n(Cc3ccccc3)n2)cc1. The van der Waals surface area contributed by atoms with Crippen molar-refractivity contribution in [1.82, 2.24) is 14.8 Å². The average molecular weight is 414 g/mol. The summed E-state index contributed by atoms with van der Waals surface area (Å²) in [6.45, 7) is 0.588. The van der Waals surface area contributed by atoms with Gasteiger partial charge in [-0.25, -0.2) is 9.67 Å². The molecule has 0 unspecified atom stereocenters. The summed E-state index contributed by atoms with van der Waals surface area (Å²) in [7, 11) is 0. The van der Waals surface area contributed by atoms with Crippen LogP contribution in [0.15, 0.2) is 54.6 Å². The maximum Gasteiger partial charge on any atom is 0.248 e. The van der Waals surface area contributed by atoms with Gasteiger partial charge < -0.3 is 16.6 Å². The highest BCUT2D eigenvalue weighted by Crippen LogP contribution is 2.34. The summed E-state index contributed by atoms with van der Waals surface area (Å²) in [5.74, 6) is 0.991.